The second kappa shape index (κ2) is 10.8. The fraction of sp³-hybridized carbons (Fsp3) is 0.714. The largest absolute Gasteiger partial charge is 0.231 e. The molecule has 1 aromatic rings. The molecule has 0 amide bonds. The molecule has 0 fully saturated rings. The summed E-state index contributed by atoms with van der Waals surface area (Å²) >= 11 is 5.24. The van der Waals surface area contributed by atoms with Gasteiger partial charge in [0.2, 0.25) is 0 Å². The lowest BCUT2D eigenvalue weighted by molar-refractivity contribution is 0.606. The first-order valence-corrected chi connectivity index (χ1v) is 8.92. The Kier molecular flexibility index (Phi) is 9.58. The van der Waals surface area contributed by atoms with Crippen LogP contribution in [0.4, 0.5) is 0 Å². The number of nitrogens with zero attached hydrogens (tertiary/aromatic N) is 2. The minimum atomic E-state index is 0.923. The molecule has 0 saturated heterocycles. The Morgan fingerprint density at radius 1 is 1.06 bits per heavy atom. The molecule has 0 radical (unpaired) electrons. The summed E-state index contributed by atoms with van der Waals surface area (Å²) in [5, 5.41) is 2.08. The molecule has 0 aromatic carbocycles. The van der Waals surface area contributed by atoms with E-state index in [4.69, 9.17) is 0 Å². The third-order valence-corrected chi connectivity index (χ3v) is 4.29. The average Bonchev–Trinajstić information content (AvgIpc) is 2.37. The van der Waals surface area contributed by atoms with E-state index in [1.165, 1.54) is 44.9 Å². The Balaban J connectivity index is 1.92. The summed E-state index contributed by atoms with van der Waals surface area (Å²) in [6.07, 6.45) is 11.3. The maximum absolute atomic E-state index is 4.39. The summed E-state index contributed by atoms with van der Waals surface area (Å²) < 4.78 is 0. The van der Waals surface area contributed by atoms with E-state index in [1.54, 1.807) is 11.8 Å². The molecule has 1 aromatic heterocycles. The molecule has 0 spiro atoms. The average molecular weight is 331 g/mol. The van der Waals surface area contributed by atoms with Gasteiger partial charge >= 0.3 is 0 Å². The van der Waals surface area contributed by atoms with Gasteiger partial charge in [-0.1, -0.05) is 59.8 Å². The van der Waals surface area contributed by atoms with Crippen LogP contribution in [0.5, 0.6) is 0 Å². The Labute approximate surface area is 124 Å². The number of hydrogen-bond acceptors (Lipinski definition) is 3. The van der Waals surface area contributed by atoms with E-state index in [2.05, 4.69) is 25.9 Å². The molecular weight excluding hydrogens is 308 g/mol. The van der Waals surface area contributed by atoms with Gasteiger partial charge in [0.05, 0.1) is 0 Å². The second-order valence-corrected chi connectivity index (χ2v) is 6.35. The molecule has 0 atom stereocenters. The molecule has 0 saturated carbocycles. The van der Waals surface area contributed by atoms with Gasteiger partial charge in [0.15, 0.2) is 5.16 Å². The van der Waals surface area contributed by atoms with Gasteiger partial charge in [-0.3, -0.25) is 0 Å². The summed E-state index contributed by atoms with van der Waals surface area (Å²) in [5.74, 6) is 1.14. The zero-order valence-corrected chi connectivity index (χ0v) is 13.6. The number of unbranched alkanes of at least 4 members (excludes halogenated alkanes) is 6. The highest BCUT2D eigenvalue weighted by Crippen LogP contribution is 2.16. The van der Waals surface area contributed by atoms with Crippen LogP contribution in [0.2, 0.25) is 0 Å². The van der Waals surface area contributed by atoms with E-state index >= 15 is 0 Å². The topological polar surface area (TPSA) is 25.8 Å². The Morgan fingerprint density at radius 3 is 2.39 bits per heavy atom. The first-order valence-electron chi connectivity index (χ1n) is 6.81. The maximum atomic E-state index is 4.39. The van der Waals surface area contributed by atoms with Gasteiger partial charge in [0, 0.05) is 23.0 Å². The lowest BCUT2D eigenvalue weighted by Gasteiger charge is -2.02. The van der Waals surface area contributed by atoms with E-state index in [1.807, 2.05) is 19.2 Å². The van der Waals surface area contributed by atoms with Crippen LogP contribution in [-0.2, 0) is 0 Å². The minimum Gasteiger partial charge on any atom is -0.231 e. The van der Waals surface area contributed by atoms with Gasteiger partial charge in [-0.2, -0.15) is 0 Å². The van der Waals surface area contributed by atoms with Gasteiger partial charge in [-0.05, 0) is 25.8 Å². The number of halogens is 1. The molecule has 0 unspecified atom stereocenters. The summed E-state index contributed by atoms with van der Waals surface area (Å²) in [6, 6.07) is 1.94. The van der Waals surface area contributed by atoms with Gasteiger partial charge in [-0.15, -0.1) is 0 Å². The van der Waals surface area contributed by atoms with Gasteiger partial charge in [0.25, 0.3) is 0 Å². The molecule has 4 heteroatoms. The van der Waals surface area contributed by atoms with E-state index < -0.39 is 0 Å². The van der Waals surface area contributed by atoms with Crippen molar-refractivity contribution in [1.82, 2.24) is 9.97 Å². The number of aryl methyl sites for hydroxylation is 1. The van der Waals surface area contributed by atoms with Crippen LogP contribution < -0.4 is 0 Å². The standard InChI is InChI=1S/C14H23BrN2S/c1-13-9-11-16-14(17-13)18-12-8-6-4-2-3-5-7-10-15/h9,11H,2-8,10,12H2,1H3. The predicted octanol–water partition coefficient (Wildman–Crippen LogP) is 5.00. The lowest BCUT2D eigenvalue weighted by Crippen LogP contribution is -1.90. The Morgan fingerprint density at radius 2 is 1.72 bits per heavy atom. The predicted molar refractivity (Wildman–Crippen MR) is 83.6 cm³/mol. The number of alkyl halides is 1. The molecule has 0 N–H and O–H groups in total. The van der Waals surface area contributed by atoms with E-state index in [-0.39, 0.29) is 0 Å². The number of rotatable bonds is 10. The molecule has 0 bridgehead atoms. The van der Waals surface area contributed by atoms with Crippen molar-refractivity contribution in [2.45, 2.75) is 57.0 Å². The molecule has 1 rings (SSSR count). The van der Waals surface area contributed by atoms with Gasteiger partial charge in [0.1, 0.15) is 0 Å². The third-order valence-electron chi connectivity index (χ3n) is 2.78. The number of aromatic nitrogens is 2. The van der Waals surface area contributed by atoms with Crippen molar-refractivity contribution in [3.63, 3.8) is 0 Å². The van der Waals surface area contributed by atoms with Gasteiger partial charge in [-0.25, -0.2) is 9.97 Å². The van der Waals surface area contributed by atoms with Gasteiger partial charge < -0.3 is 0 Å². The van der Waals surface area contributed by atoms with Crippen LogP contribution in [0.25, 0.3) is 0 Å². The molecule has 0 aliphatic heterocycles. The smallest absolute Gasteiger partial charge is 0.187 e. The van der Waals surface area contributed by atoms with Crippen molar-refractivity contribution in [1.29, 1.82) is 0 Å². The number of hydrogen-bond donors (Lipinski definition) is 0. The monoisotopic (exact) mass is 330 g/mol. The van der Waals surface area contributed by atoms with Crippen LogP contribution in [0.3, 0.4) is 0 Å². The highest BCUT2D eigenvalue weighted by atomic mass is 79.9. The van der Waals surface area contributed by atoms with Crippen LogP contribution in [-0.4, -0.2) is 21.1 Å². The quantitative estimate of drug-likeness (QED) is 0.261. The van der Waals surface area contributed by atoms with Crippen molar-refractivity contribution in [3.05, 3.63) is 18.0 Å². The normalized spacial score (nSPS) is 10.8. The molecule has 2 nitrogen and oxygen atoms in total. The fourth-order valence-electron chi connectivity index (χ4n) is 1.74. The Bertz CT molecular complexity index is 320. The first-order chi connectivity index (χ1) is 8.83. The molecule has 1 heterocycles. The zero-order valence-electron chi connectivity index (χ0n) is 11.2. The summed E-state index contributed by atoms with van der Waals surface area (Å²) in [4.78, 5) is 8.64. The minimum absolute atomic E-state index is 0.923. The summed E-state index contributed by atoms with van der Waals surface area (Å²) in [6.45, 7) is 2.01. The third kappa shape index (κ3) is 8.09. The van der Waals surface area contributed by atoms with Crippen molar-refractivity contribution in [3.8, 4) is 0 Å². The molecule has 18 heavy (non-hydrogen) atoms. The fourth-order valence-corrected chi connectivity index (χ4v) is 3.01. The zero-order chi connectivity index (χ0) is 13.1. The van der Waals surface area contributed by atoms with Crippen molar-refractivity contribution < 1.29 is 0 Å². The molecule has 0 aliphatic rings. The van der Waals surface area contributed by atoms with Crippen LogP contribution >= 0.6 is 27.7 Å². The van der Waals surface area contributed by atoms with Crippen LogP contribution in [0.15, 0.2) is 17.4 Å². The van der Waals surface area contributed by atoms with E-state index in [9.17, 15) is 0 Å². The van der Waals surface area contributed by atoms with E-state index in [0.29, 0.717) is 0 Å². The van der Waals surface area contributed by atoms with E-state index in [0.717, 1.165) is 21.9 Å². The van der Waals surface area contributed by atoms with Crippen LogP contribution in [0, 0.1) is 6.92 Å². The van der Waals surface area contributed by atoms with Crippen molar-refractivity contribution in [2.75, 3.05) is 11.1 Å². The molecular formula is C14H23BrN2S. The summed E-state index contributed by atoms with van der Waals surface area (Å²) in [5.41, 5.74) is 1.05. The summed E-state index contributed by atoms with van der Waals surface area (Å²) in [7, 11) is 0. The first kappa shape index (κ1) is 16.0. The second-order valence-electron chi connectivity index (χ2n) is 4.49. The molecule has 102 valence electrons. The lowest BCUT2D eigenvalue weighted by atomic mass is 10.1. The van der Waals surface area contributed by atoms with Crippen molar-refractivity contribution >= 4 is 27.7 Å². The maximum Gasteiger partial charge on any atom is 0.187 e. The number of thioether (sulfide) groups is 1. The molecule has 0 aliphatic carbocycles. The SMILES string of the molecule is Cc1ccnc(SCCCCCCCCCBr)n1. The van der Waals surface area contributed by atoms with Crippen LogP contribution in [0.1, 0.15) is 50.6 Å². The highest BCUT2D eigenvalue weighted by Gasteiger charge is 1.97. The highest BCUT2D eigenvalue weighted by molar-refractivity contribution is 9.09. The van der Waals surface area contributed by atoms with Crippen molar-refractivity contribution in [2.24, 2.45) is 0 Å². The Hall–Kier alpha value is -0.0900.